The van der Waals surface area contributed by atoms with Crippen molar-refractivity contribution >= 4 is 0 Å². The molecule has 0 bridgehead atoms. The average Bonchev–Trinajstić information content (AvgIpc) is 2.03. The van der Waals surface area contributed by atoms with Gasteiger partial charge in [-0.15, -0.1) is 0 Å². The number of hydrogen-bond acceptors (Lipinski definition) is 0. The van der Waals surface area contributed by atoms with E-state index in [4.69, 9.17) is 0 Å². The average molecular weight is 186 g/mol. The van der Waals surface area contributed by atoms with Crippen LogP contribution in [0.1, 0.15) is 13.8 Å². The third kappa shape index (κ3) is 9.49. The predicted octanol–water partition coefficient (Wildman–Crippen LogP) is 3.25. The minimum absolute atomic E-state index is 0.513. The molecular formula is C10H14Cr. The topological polar surface area (TPSA) is 0 Å². The van der Waals surface area contributed by atoms with Gasteiger partial charge in [0.2, 0.25) is 0 Å². The number of hydrogen-bond donors (Lipinski definition) is 0. The molecule has 0 aliphatic heterocycles. The quantitative estimate of drug-likeness (QED) is 0.591. The van der Waals surface area contributed by atoms with Gasteiger partial charge in [0.05, 0.1) is 0 Å². The Labute approximate surface area is 75.7 Å². The first-order valence-electron chi connectivity index (χ1n) is 3.63. The van der Waals surface area contributed by atoms with E-state index in [0.29, 0.717) is 15.2 Å². The fourth-order valence-corrected chi connectivity index (χ4v) is 1.16. The maximum absolute atomic E-state index is 2.19. The molecule has 0 amide bonds. The molecule has 0 aliphatic rings. The van der Waals surface area contributed by atoms with Gasteiger partial charge in [-0.2, -0.15) is 0 Å². The molecule has 60 valence electrons. The van der Waals surface area contributed by atoms with Crippen molar-refractivity contribution in [3.05, 3.63) is 46.3 Å². The van der Waals surface area contributed by atoms with E-state index in [1.807, 2.05) is 38.2 Å². The van der Waals surface area contributed by atoms with Crippen LogP contribution in [0.25, 0.3) is 0 Å². The molecular weight excluding hydrogens is 172 g/mol. The fraction of sp³-hybridized carbons (Fsp3) is 0.200. The Hall–Kier alpha value is -0.508. The first-order valence-corrected chi connectivity index (χ1v) is 5.10. The number of allylic oxidation sites excluding steroid dienone is 6. The molecule has 0 aromatic rings. The van der Waals surface area contributed by atoms with Crippen LogP contribution >= 0.6 is 0 Å². The van der Waals surface area contributed by atoms with Gasteiger partial charge in [-0.25, -0.2) is 0 Å². The predicted molar refractivity (Wildman–Crippen MR) is 47.9 cm³/mol. The summed E-state index contributed by atoms with van der Waals surface area (Å²) in [7, 11) is 0. The summed E-state index contributed by atoms with van der Waals surface area (Å²) in [6.45, 7) is 4.04. The fourth-order valence-electron chi connectivity index (χ4n) is 0.449. The van der Waals surface area contributed by atoms with Crippen molar-refractivity contribution in [2.45, 2.75) is 13.8 Å². The summed E-state index contributed by atoms with van der Waals surface area (Å²) in [5, 5.41) is 0. The van der Waals surface area contributed by atoms with Crippen molar-refractivity contribution in [2.75, 3.05) is 0 Å². The molecule has 0 unspecified atom stereocenters. The Bertz CT molecular complexity index is 153. The van der Waals surface area contributed by atoms with Crippen molar-refractivity contribution in [3.63, 3.8) is 0 Å². The zero-order valence-electron chi connectivity index (χ0n) is 7.03. The van der Waals surface area contributed by atoms with Crippen molar-refractivity contribution in [2.24, 2.45) is 0 Å². The molecule has 0 N–H and O–H groups in total. The van der Waals surface area contributed by atoms with Gasteiger partial charge in [0, 0.05) is 0 Å². The molecule has 0 heterocycles. The second kappa shape index (κ2) is 9.49. The van der Waals surface area contributed by atoms with Crippen LogP contribution in [0.2, 0.25) is 0 Å². The van der Waals surface area contributed by atoms with Gasteiger partial charge in [-0.3, -0.25) is 0 Å². The third-order valence-electron chi connectivity index (χ3n) is 0.921. The van der Waals surface area contributed by atoms with Crippen LogP contribution < -0.4 is 0 Å². The Morgan fingerprint density at radius 1 is 0.727 bits per heavy atom. The monoisotopic (exact) mass is 186 g/mol. The number of rotatable bonds is 4. The van der Waals surface area contributed by atoms with E-state index < -0.39 is 0 Å². The Balaban J connectivity index is 3.40. The Morgan fingerprint density at radius 3 is 1.55 bits per heavy atom. The molecule has 0 aromatic heterocycles. The van der Waals surface area contributed by atoms with Crippen molar-refractivity contribution in [1.29, 1.82) is 0 Å². The summed E-state index contributed by atoms with van der Waals surface area (Å²) in [6, 6.07) is 0. The first kappa shape index (κ1) is 10.5. The third-order valence-corrected chi connectivity index (χ3v) is 1.90. The molecule has 1 heteroatoms. The second-order valence-corrected chi connectivity index (χ2v) is 3.12. The summed E-state index contributed by atoms with van der Waals surface area (Å²) in [5.41, 5.74) is 0. The normalized spacial score (nSPS) is 13.3. The molecule has 0 saturated carbocycles. The molecule has 0 atom stereocenters. The Kier molecular flexibility index (Phi) is 9.05. The molecule has 0 aliphatic carbocycles. The summed E-state index contributed by atoms with van der Waals surface area (Å²) in [6.07, 6.45) is 12.3. The summed E-state index contributed by atoms with van der Waals surface area (Å²) < 4.78 is 0. The first-order chi connectivity index (χ1) is 5.41. The van der Waals surface area contributed by atoms with Crippen LogP contribution in [-0.4, -0.2) is 0 Å². The van der Waals surface area contributed by atoms with Crippen molar-refractivity contribution < 1.29 is 15.2 Å². The van der Waals surface area contributed by atoms with Gasteiger partial charge in [0.25, 0.3) is 0 Å². The van der Waals surface area contributed by atoms with Gasteiger partial charge in [-0.1, -0.05) is 0 Å². The van der Waals surface area contributed by atoms with E-state index in [1.165, 1.54) is 0 Å². The molecule has 0 aromatic carbocycles. The van der Waals surface area contributed by atoms with Crippen LogP contribution in [0.15, 0.2) is 46.3 Å². The van der Waals surface area contributed by atoms with Crippen LogP contribution in [0.5, 0.6) is 0 Å². The zero-order valence-corrected chi connectivity index (χ0v) is 8.30. The van der Waals surface area contributed by atoms with Gasteiger partial charge >= 0.3 is 75.4 Å². The Morgan fingerprint density at radius 2 is 1.18 bits per heavy atom. The van der Waals surface area contributed by atoms with E-state index in [9.17, 15) is 0 Å². The van der Waals surface area contributed by atoms with E-state index in [0.717, 1.165) is 0 Å². The summed E-state index contributed by atoms with van der Waals surface area (Å²) in [5.74, 6) is 0. The molecule has 11 heavy (non-hydrogen) atoms. The standard InChI is InChI=1S/2C5H7.Cr/c2*1-3-5-4-2;/h2*1,3-5H,2H3;/b2*3-1?,5-4+;. The summed E-state index contributed by atoms with van der Waals surface area (Å²) >= 11 is 0.513. The van der Waals surface area contributed by atoms with Gasteiger partial charge in [-0.05, 0) is 0 Å². The van der Waals surface area contributed by atoms with Crippen molar-refractivity contribution in [1.82, 2.24) is 0 Å². The van der Waals surface area contributed by atoms with Gasteiger partial charge < -0.3 is 0 Å². The van der Waals surface area contributed by atoms with Gasteiger partial charge in [0.1, 0.15) is 0 Å². The molecule has 0 fully saturated rings. The molecule has 0 spiro atoms. The van der Waals surface area contributed by atoms with Gasteiger partial charge in [0.15, 0.2) is 0 Å². The molecule has 0 saturated heterocycles. The van der Waals surface area contributed by atoms with E-state index in [1.54, 1.807) is 0 Å². The van der Waals surface area contributed by atoms with Crippen LogP contribution in [0.3, 0.4) is 0 Å². The molecule has 0 nitrogen and oxygen atoms in total. The SMILES string of the molecule is C/C=C/C=[CH]/[Cr]/[CH]=C/C=C/C. The summed E-state index contributed by atoms with van der Waals surface area (Å²) in [4.78, 5) is 4.38. The maximum atomic E-state index is 2.19. The minimum atomic E-state index is 0.513. The van der Waals surface area contributed by atoms with Crippen LogP contribution in [0.4, 0.5) is 0 Å². The molecule has 0 rings (SSSR count). The van der Waals surface area contributed by atoms with Crippen LogP contribution in [0, 0.1) is 0 Å². The van der Waals surface area contributed by atoms with E-state index in [-0.39, 0.29) is 0 Å². The second-order valence-electron chi connectivity index (χ2n) is 1.84. The molecule has 0 radical (unpaired) electrons. The zero-order chi connectivity index (χ0) is 8.36. The van der Waals surface area contributed by atoms with Crippen LogP contribution in [-0.2, 0) is 15.2 Å². The van der Waals surface area contributed by atoms with E-state index in [2.05, 4.69) is 22.0 Å². The van der Waals surface area contributed by atoms with E-state index >= 15 is 0 Å². The van der Waals surface area contributed by atoms with Crippen molar-refractivity contribution in [3.8, 4) is 0 Å².